The van der Waals surface area contributed by atoms with Gasteiger partial charge in [-0.05, 0) is 59.7 Å². The van der Waals surface area contributed by atoms with Crippen LogP contribution in [0.4, 0.5) is 5.69 Å². The highest BCUT2D eigenvalue weighted by molar-refractivity contribution is 5.97. The monoisotopic (exact) mass is 459 g/mol. The number of hydrazone groups is 1. The number of carboxylic acids is 1. The number of non-ortho nitro benzene ring substituents is 1. The summed E-state index contributed by atoms with van der Waals surface area (Å²) in [5.74, 6) is -1.04. The third-order valence-electron chi connectivity index (χ3n) is 4.77. The number of furan rings is 1. The molecule has 0 fully saturated rings. The van der Waals surface area contributed by atoms with Crippen molar-refractivity contribution in [3.63, 3.8) is 0 Å². The molecule has 0 aliphatic rings. The highest BCUT2D eigenvalue weighted by Crippen LogP contribution is 2.24. The van der Waals surface area contributed by atoms with Crippen LogP contribution in [0.3, 0.4) is 0 Å². The van der Waals surface area contributed by atoms with Gasteiger partial charge in [-0.3, -0.25) is 14.9 Å². The predicted octanol–water partition coefficient (Wildman–Crippen LogP) is 4.38. The van der Waals surface area contributed by atoms with Gasteiger partial charge in [0.05, 0.1) is 16.7 Å². The van der Waals surface area contributed by atoms with Crippen LogP contribution < -0.4 is 10.2 Å². The van der Waals surface area contributed by atoms with Crippen molar-refractivity contribution in [2.45, 2.75) is 6.61 Å². The Morgan fingerprint density at radius 1 is 1.09 bits per heavy atom. The summed E-state index contributed by atoms with van der Waals surface area (Å²) in [6.07, 6.45) is 1.44. The number of ether oxygens (including phenoxy) is 1. The van der Waals surface area contributed by atoms with E-state index in [9.17, 15) is 19.7 Å². The second-order valence-electron chi connectivity index (χ2n) is 7.15. The average Bonchev–Trinajstić information content (AvgIpc) is 3.27. The molecule has 170 valence electrons. The van der Waals surface area contributed by atoms with E-state index in [4.69, 9.17) is 14.3 Å². The van der Waals surface area contributed by atoms with Gasteiger partial charge >= 0.3 is 11.9 Å². The number of hydrogen-bond acceptors (Lipinski definition) is 7. The van der Waals surface area contributed by atoms with E-state index in [2.05, 4.69) is 10.5 Å². The minimum Gasteiger partial charge on any atom is -0.489 e. The topological polar surface area (TPSA) is 144 Å². The van der Waals surface area contributed by atoms with Crippen molar-refractivity contribution < 1.29 is 28.8 Å². The number of nitrogens with one attached hydrogen (secondary N) is 1. The maximum Gasteiger partial charge on any atom is 0.335 e. The van der Waals surface area contributed by atoms with Gasteiger partial charge in [0.25, 0.3) is 5.69 Å². The van der Waals surface area contributed by atoms with Gasteiger partial charge in [0.15, 0.2) is 5.76 Å². The van der Waals surface area contributed by atoms with E-state index in [-0.39, 0.29) is 23.6 Å². The Bertz CT molecular complexity index is 1410. The fourth-order valence-corrected chi connectivity index (χ4v) is 3.09. The lowest BCUT2D eigenvalue weighted by Gasteiger charge is -2.07. The van der Waals surface area contributed by atoms with Crippen molar-refractivity contribution in [3.05, 3.63) is 105 Å². The summed E-state index contributed by atoms with van der Waals surface area (Å²) >= 11 is 0. The standard InChI is InChI=1S/C24H17N3O7/c28-23(22-12-18-11-19(27(31)32)6-9-21(18)34-22)26-25-13-15-4-7-20(8-5-15)33-14-16-2-1-3-17(10-16)24(29)30/h1-13H,14H2,(H,26,28)(H,29,30)/b25-13+. The molecular formula is C24H17N3O7. The van der Waals surface area contributed by atoms with Gasteiger partial charge < -0.3 is 14.3 Å². The molecule has 0 atom stereocenters. The van der Waals surface area contributed by atoms with Crippen LogP contribution in [-0.2, 0) is 6.61 Å². The third kappa shape index (κ3) is 5.25. The van der Waals surface area contributed by atoms with Crippen molar-refractivity contribution in [3.8, 4) is 5.75 Å². The lowest BCUT2D eigenvalue weighted by Crippen LogP contribution is -2.16. The molecule has 4 aromatic rings. The molecule has 1 heterocycles. The summed E-state index contributed by atoms with van der Waals surface area (Å²) in [6.45, 7) is 0.214. The highest BCUT2D eigenvalue weighted by atomic mass is 16.6. The summed E-state index contributed by atoms with van der Waals surface area (Å²) < 4.78 is 11.1. The quantitative estimate of drug-likeness (QED) is 0.226. The molecule has 0 radical (unpaired) electrons. The maximum atomic E-state index is 12.3. The second-order valence-corrected chi connectivity index (χ2v) is 7.15. The molecule has 3 aromatic carbocycles. The fraction of sp³-hybridized carbons (Fsp3) is 0.0417. The predicted molar refractivity (Wildman–Crippen MR) is 122 cm³/mol. The highest BCUT2D eigenvalue weighted by Gasteiger charge is 2.14. The SMILES string of the molecule is O=C(O)c1cccc(COc2ccc(/C=N/NC(=O)c3cc4cc([N+](=O)[O-])ccc4o3)cc2)c1. The molecule has 4 rings (SSSR count). The maximum absolute atomic E-state index is 12.3. The average molecular weight is 459 g/mol. The number of carbonyl (C=O) groups excluding carboxylic acids is 1. The molecule has 2 N–H and O–H groups in total. The Labute approximate surface area is 192 Å². The Morgan fingerprint density at radius 2 is 1.88 bits per heavy atom. The smallest absolute Gasteiger partial charge is 0.335 e. The molecule has 34 heavy (non-hydrogen) atoms. The number of fused-ring (bicyclic) bond motifs is 1. The third-order valence-corrected chi connectivity index (χ3v) is 4.77. The summed E-state index contributed by atoms with van der Waals surface area (Å²) in [4.78, 5) is 33.6. The number of benzene rings is 3. The molecule has 1 aromatic heterocycles. The number of rotatable bonds is 8. The van der Waals surface area contributed by atoms with Crippen LogP contribution in [0.2, 0.25) is 0 Å². The van der Waals surface area contributed by atoms with E-state index in [0.29, 0.717) is 22.3 Å². The van der Waals surface area contributed by atoms with E-state index >= 15 is 0 Å². The van der Waals surface area contributed by atoms with Crippen molar-refractivity contribution in [1.29, 1.82) is 0 Å². The van der Waals surface area contributed by atoms with Gasteiger partial charge in [0.2, 0.25) is 0 Å². The zero-order valence-corrected chi connectivity index (χ0v) is 17.5. The van der Waals surface area contributed by atoms with Crippen LogP contribution >= 0.6 is 0 Å². The molecule has 10 heteroatoms. The van der Waals surface area contributed by atoms with Crippen molar-refractivity contribution in [2.75, 3.05) is 0 Å². The number of carboxylic acid groups (broad SMARTS) is 1. The van der Waals surface area contributed by atoms with E-state index in [1.807, 2.05) is 0 Å². The number of hydrogen-bond donors (Lipinski definition) is 2. The Hall–Kier alpha value is -4.99. The largest absolute Gasteiger partial charge is 0.489 e. The molecule has 0 spiro atoms. The summed E-state index contributed by atoms with van der Waals surface area (Å²) in [6, 6.07) is 18.9. The lowest BCUT2D eigenvalue weighted by molar-refractivity contribution is -0.384. The summed E-state index contributed by atoms with van der Waals surface area (Å²) in [5, 5.41) is 24.2. The van der Waals surface area contributed by atoms with Gasteiger partial charge in [-0.15, -0.1) is 0 Å². The lowest BCUT2D eigenvalue weighted by atomic mass is 10.1. The molecule has 0 bridgehead atoms. The number of amides is 1. The van der Waals surface area contributed by atoms with Gasteiger partial charge in [-0.2, -0.15) is 5.10 Å². The van der Waals surface area contributed by atoms with Crippen molar-refractivity contribution in [1.82, 2.24) is 5.43 Å². The molecular weight excluding hydrogens is 442 g/mol. The van der Waals surface area contributed by atoms with Gasteiger partial charge in [0.1, 0.15) is 17.9 Å². The number of carbonyl (C=O) groups is 2. The number of aromatic carboxylic acids is 1. The zero-order valence-electron chi connectivity index (χ0n) is 17.5. The Morgan fingerprint density at radius 3 is 2.62 bits per heavy atom. The number of nitro groups is 1. The molecule has 0 aliphatic heterocycles. The van der Waals surface area contributed by atoms with E-state index in [1.165, 1.54) is 36.5 Å². The van der Waals surface area contributed by atoms with E-state index in [0.717, 1.165) is 5.56 Å². The van der Waals surface area contributed by atoms with Gasteiger partial charge in [0, 0.05) is 17.5 Å². The summed E-state index contributed by atoms with van der Waals surface area (Å²) in [7, 11) is 0. The zero-order chi connectivity index (χ0) is 24.1. The second kappa shape index (κ2) is 9.65. The number of nitrogens with zero attached hydrogens (tertiary/aromatic N) is 2. The van der Waals surface area contributed by atoms with Crippen molar-refractivity contribution in [2.24, 2.45) is 5.10 Å². The number of nitro benzene ring substituents is 1. The van der Waals surface area contributed by atoms with Crippen LogP contribution in [0.15, 0.2) is 82.3 Å². The first kappa shape index (κ1) is 22.2. The summed E-state index contributed by atoms with van der Waals surface area (Å²) in [5.41, 5.74) is 4.22. The molecule has 1 amide bonds. The molecule has 0 saturated carbocycles. The minimum atomic E-state index is -0.998. The molecule has 0 aliphatic carbocycles. The first-order valence-corrected chi connectivity index (χ1v) is 9.95. The molecule has 0 unspecified atom stereocenters. The minimum absolute atomic E-state index is 0.0247. The van der Waals surface area contributed by atoms with Crippen LogP contribution in [-0.4, -0.2) is 28.1 Å². The molecule has 0 saturated heterocycles. The van der Waals surface area contributed by atoms with Gasteiger partial charge in [-0.25, -0.2) is 10.2 Å². The Balaban J connectivity index is 1.33. The first-order valence-electron chi connectivity index (χ1n) is 9.95. The van der Waals surface area contributed by atoms with Crippen LogP contribution in [0, 0.1) is 10.1 Å². The fourth-order valence-electron chi connectivity index (χ4n) is 3.09. The van der Waals surface area contributed by atoms with Crippen LogP contribution in [0.1, 0.15) is 32.0 Å². The van der Waals surface area contributed by atoms with Crippen molar-refractivity contribution >= 4 is 34.7 Å². The normalized spacial score (nSPS) is 10.9. The Kier molecular flexibility index (Phi) is 6.31. The first-order chi connectivity index (χ1) is 16.4. The van der Waals surface area contributed by atoms with E-state index in [1.54, 1.807) is 42.5 Å². The van der Waals surface area contributed by atoms with E-state index < -0.39 is 16.8 Å². The van der Waals surface area contributed by atoms with Crippen LogP contribution in [0.25, 0.3) is 11.0 Å². The van der Waals surface area contributed by atoms with Crippen LogP contribution in [0.5, 0.6) is 5.75 Å². The molecule has 10 nitrogen and oxygen atoms in total. The van der Waals surface area contributed by atoms with Gasteiger partial charge in [-0.1, -0.05) is 12.1 Å².